The number of aliphatic carboxylic acids is 1. The normalized spacial score (nSPS) is 14.1. The molecule has 33 heavy (non-hydrogen) atoms. The van der Waals surface area contributed by atoms with E-state index in [0.717, 1.165) is 28.9 Å². The molecule has 0 aromatic heterocycles. The Kier molecular flexibility index (Phi) is 6.49. The van der Waals surface area contributed by atoms with Crippen molar-refractivity contribution in [2.45, 2.75) is 13.0 Å². The Balaban J connectivity index is 1.81. The van der Waals surface area contributed by atoms with E-state index in [9.17, 15) is 9.59 Å². The van der Waals surface area contributed by atoms with Gasteiger partial charge in [0, 0.05) is 22.8 Å². The summed E-state index contributed by atoms with van der Waals surface area (Å²) in [6.07, 6.45) is -0.0615. The molecule has 1 aliphatic rings. The molecule has 0 atom stereocenters. The van der Waals surface area contributed by atoms with E-state index >= 15 is 0 Å². The summed E-state index contributed by atoms with van der Waals surface area (Å²) in [7, 11) is 4.02. The number of carbonyl (C=O) groups is 2. The molecule has 0 unspecified atom stereocenters. The van der Waals surface area contributed by atoms with E-state index in [0.29, 0.717) is 27.5 Å². The molecule has 0 radical (unpaired) electrons. The van der Waals surface area contributed by atoms with Crippen LogP contribution < -0.4 is 10.6 Å². The van der Waals surface area contributed by atoms with Gasteiger partial charge in [0.25, 0.3) is 5.91 Å². The maximum atomic E-state index is 13.0. The van der Waals surface area contributed by atoms with Gasteiger partial charge in [0.1, 0.15) is 0 Å². The van der Waals surface area contributed by atoms with Gasteiger partial charge in [-0.1, -0.05) is 54.1 Å². The van der Waals surface area contributed by atoms with Crippen LogP contribution in [0.4, 0.5) is 11.4 Å². The maximum Gasteiger partial charge on any atom is 0.307 e. The van der Waals surface area contributed by atoms with Crippen LogP contribution in [0.15, 0.2) is 66.7 Å². The number of nitrogens with one attached hydrogen (secondary N) is 2. The first-order chi connectivity index (χ1) is 15.8. The van der Waals surface area contributed by atoms with E-state index in [4.69, 9.17) is 16.7 Å². The molecule has 3 aromatic rings. The molecule has 6 nitrogen and oxygen atoms in total. The first-order valence-corrected chi connectivity index (χ1v) is 10.9. The van der Waals surface area contributed by atoms with Gasteiger partial charge in [-0.25, -0.2) is 0 Å². The van der Waals surface area contributed by atoms with Gasteiger partial charge in [0.2, 0.25) is 0 Å². The van der Waals surface area contributed by atoms with Gasteiger partial charge >= 0.3 is 5.97 Å². The van der Waals surface area contributed by atoms with E-state index in [1.54, 1.807) is 24.3 Å². The minimum atomic E-state index is -0.891. The molecule has 4 rings (SSSR count). The third-order valence-electron chi connectivity index (χ3n) is 5.27. The molecular formula is C26H24ClN3O3. The molecule has 1 heterocycles. The quantitative estimate of drug-likeness (QED) is 0.433. The lowest BCUT2D eigenvalue weighted by molar-refractivity contribution is -0.136. The second-order valence-electron chi connectivity index (χ2n) is 8.22. The number of nitrogens with zero attached hydrogens (tertiary/aromatic N) is 1. The van der Waals surface area contributed by atoms with Gasteiger partial charge in [-0.05, 0) is 55.1 Å². The number of halogens is 1. The Hall–Kier alpha value is -3.61. The number of hydrogen-bond donors (Lipinski definition) is 3. The summed E-state index contributed by atoms with van der Waals surface area (Å²) in [5, 5.41) is 16.0. The lowest BCUT2D eigenvalue weighted by Crippen LogP contribution is -2.12. The Morgan fingerprint density at radius 3 is 2.48 bits per heavy atom. The van der Waals surface area contributed by atoms with E-state index in [2.05, 4.69) is 27.7 Å². The predicted octanol–water partition coefficient (Wildman–Crippen LogP) is 4.96. The van der Waals surface area contributed by atoms with E-state index in [1.165, 1.54) is 0 Å². The van der Waals surface area contributed by atoms with Crippen LogP contribution in [0.2, 0.25) is 5.02 Å². The fourth-order valence-electron chi connectivity index (χ4n) is 3.89. The van der Waals surface area contributed by atoms with Crippen molar-refractivity contribution in [3.05, 3.63) is 94.0 Å². The Bertz CT molecular complexity index is 1250. The van der Waals surface area contributed by atoms with E-state index < -0.39 is 5.97 Å². The van der Waals surface area contributed by atoms with Crippen molar-refractivity contribution in [1.29, 1.82) is 0 Å². The highest BCUT2D eigenvalue weighted by Crippen LogP contribution is 2.38. The average Bonchev–Trinajstić information content (AvgIpc) is 3.06. The number of benzene rings is 3. The minimum Gasteiger partial charge on any atom is -0.481 e. The summed E-state index contributed by atoms with van der Waals surface area (Å²) in [5.74, 6) is -1.12. The molecule has 0 spiro atoms. The Morgan fingerprint density at radius 2 is 1.79 bits per heavy atom. The van der Waals surface area contributed by atoms with Gasteiger partial charge in [-0.3, -0.25) is 9.59 Å². The molecular weight excluding hydrogens is 438 g/mol. The fraction of sp³-hybridized carbons (Fsp3) is 0.154. The Labute approximate surface area is 197 Å². The third-order valence-corrected chi connectivity index (χ3v) is 5.50. The van der Waals surface area contributed by atoms with Gasteiger partial charge in [-0.2, -0.15) is 0 Å². The molecule has 168 valence electrons. The summed E-state index contributed by atoms with van der Waals surface area (Å²) in [4.78, 5) is 26.2. The predicted molar refractivity (Wildman–Crippen MR) is 132 cm³/mol. The number of carboxylic acid groups (broad SMARTS) is 1. The second-order valence-corrected chi connectivity index (χ2v) is 8.66. The summed E-state index contributed by atoms with van der Waals surface area (Å²) in [5.41, 5.74) is 6.00. The lowest BCUT2D eigenvalue weighted by Gasteiger charge is -2.17. The summed E-state index contributed by atoms with van der Waals surface area (Å²) >= 11 is 6.13. The topological polar surface area (TPSA) is 81.7 Å². The smallest absolute Gasteiger partial charge is 0.307 e. The van der Waals surface area contributed by atoms with Crippen molar-refractivity contribution in [1.82, 2.24) is 4.90 Å². The van der Waals surface area contributed by atoms with Crippen LogP contribution in [0, 0.1) is 0 Å². The van der Waals surface area contributed by atoms with Crippen LogP contribution in [-0.4, -0.2) is 36.0 Å². The van der Waals surface area contributed by atoms with Crippen molar-refractivity contribution in [3.8, 4) is 0 Å². The molecule has 0 saturated heterocycles. The number of fused-ring (bicyclic) bond motifs is 1. The van der Waals surface area contributed by atoms with Crippen molar-refractivity contribution < 1.29 is 14.7 Å². The van der Waals surface area contributed by atoms with Crippen LogP contribution in [0.3, 0.4) is 0 Å². The zero-order chi connectivity index (χ0) is 23.5. The van der Waals surface area contributed by atoms with Gasteiger partial charge < -0.3 is 20.6 Å². The molecule has 0 bridgehead atoms. The summed E-state index contributed by atoms with van der Waals surface area (Å²) in [6.45, 7) is 0.785. The lowest BCUT2D eigenvalue weighted by atomic mass is 9.98. The molecule has 0 saturated carbocycles. The van der Waals surface area contributed by atoms with E-state index in [1.807, 2.05) is 44.4 Å². The van der Waals surface area contributed by atoms with Crippen molar-refractivity contribution in [2.24, 2.45) is 0 Å². The number of carbonyl (C=O) groups excluding carboxylic acids is 1. The highest BCUT2D eigenvalue weighted by atomic mass is 35.5. The van der Waals surface area contributed by atoms with Gasteiger partial charge in [0.15, 0.2) is 0 Å². The molecule has 0 aliphatic carbocycles. The number of anilines is 2. The highest BCUT2D eigenvalue weighted by Gasteiger charge is 2.28. The second kappa shape index (κ2) is 9.48. The largest absolute Gasteiger partial charge is 0.481 e. The zero-order valence-electron chi connectivity index (χ0n) is 18.4. The first kappa shape index (κ1) is 22.6. The average molecular weight is 462 g/mol. The van der Waals surface area contributed by atoms with Gasteiger partial charge in [0.05, 0.1) is 23.4 Å². The SMILES string of the molecule is CN(C)Cc1cccc(NC(=C2C(=O)Nc3cc(Cl)ccc32)c2ccc(CC(=O)O)cc2)c1. The van der Waals surface area contributed by atoms with E-state index in [-0.39, 0.29) is 12.3 Å². The zero-order valence-corrected chi connectivity index (χ0v) is 19.1. The molecule has 1 amide bonds. The van der Waals surface area contributed by atoms with Crippen LogP contribution in [-0.2, 0) is 22.6 Å². The van der Waals surface area contributed by atoms with Crippen LogP contribution in [0.5, 0.6) is 0 Å². The molecule has 7 heteroatoms. The number of hydrogen-bond acceptors (Lipinski definition) is 4. The monoisotopic (exact) mass is 461 g/mol. The Morgan fingerprint density at radius 1 is 1.03 bits per heavy atom. The van der Waals surface area contributed by atoms with Crippen molar-refractivity contribution in [2.75, 3.05) is 24.7 Å². The molecule has 1 aliphatic heterocycles. The van der Waals surface area contributed by atoms with Crippen LogP contribution >= 0.6 is 11.6 Å². The number of amides is 1. The van der Waals surface area contributed by atoms with Gasteiger partial charge in [-0.15, -0.1) is 0 Å². The standard InChI is InChI=1S/C26H24ClN3O3/c1-30(2)15-17-4-3-5-20(12-17)28-25(18-8-6-16(7-9-18)13-23(31)32)24-21-11-10-19(27)14-22(21)29-26(24)33/h3-12,14,28H,13,15H2,1-2H3,(H,29,33)(H,31,32). The molecule has 0 fully saturated rings. The number of rotatable bonds is 7. The third kappa shape index (κ3) is 5.25. The maximum absolute atomic E-state index is 13.0. The van der Waals surface area contributed by atoms with Crippen LogP contribution in [0.1, 0.15) is 22.3 Å². The number of carboxylic acids is 1. The first-order valence-electron chi connectivity index (χ1n) is 10.5. The van der Waals surface area contributed by atoms with Crippen molar-refractivity contribution >= 4 is 46.1 Å². The van der Waals surface area contributed by atoms with Crippen molar-refractivity contribution in [3.63, 3.8) is 0 Å². The van der Waals surface area contributed by atoms with Crippen LogP contribution in [0.25, 0.3) is 11.3 Å². The fourth-order valence-corrected chi connectivity index (χ4v) is 4.07. The summed E-state index contributed by atoms with van der Waals surface area (Å²) < 4.78 is 0. The minimum absolute atomic E-state index is 0.0615. The summed E-state index contributed by atoms with van der Waals surface area (Å²) in [6, 6.07) is 20.5. The molecule has 3 N–H and O–H groups in total. The highest BCUT2D eigenvalue weighted by molar-refractivity contribution is 6.38. The molecule has 3 aromatic carbocycles.